The molecule has 4 aromatic heterocycles. The molecule has 8 heterocycles. The predicted molar refractivity (Wildman–Crippen MR) is 268 cm³/mol. The molecule has 72 heavy (non-hydrogen) atoms. The summed E-state index contributed by atoms with van der Waals surface area (Å²) in [6.45, 7) is 5.14. The highest BCUT2D eigenvalue weighted by Crippen LogP contribution is 2.48. The van der Waals surface area contributed by atoms with Gasteiger partial charge in [0, 0.05) is 53.0 Å². The minimum Gasteiger partial charge on any atom is -0.464 e. The second kappa shape index (κ2) is 19.4. The number of aromatic nitrogens is 5. The number of thiophene rings is 1. The molecule has 3 fully saturated rings. The van der Waals surface area contributed by atoms with E-state index in [0.717, 1.165) is 66.8 Å². The summed E-state index contributed by atoms with van der Waals surface area (Å²) in [5.74, 6) is 0.965. The molecule has 6 atom stereocenters. The predicted octanol–water partition coefficient (Wildman–Crippen LogP) is 9.05. The van der Waals surface area contributed by atoms with E-state index in [4.69, 9.17) is 23.9 Å². The highest BCUT2D eigenvalue weighted by molar-refractivity contribution is 7.19. The van der Waals surface area contributed by atoms with Crippen LogP contribution >= 0.6 is 11.3 Å². The number of carbonyl (C=O) groups is 4. The SMILES string of the molecule is COC(=O)N[C@H](C(=O)N1C[C@H](F)C[C@H]1c1ncc(-c2ccc3c(c2)cc2n3C(c3cc4ccccc4s3)Oc3cc(-c4cnc([C@@H]5CCCN5C(=O)[C@@H](NC(=O)OC)C5CCOCC5)[nH]4)ccc3-2)[nH]1)C(C)C. The summed E-state index contributed by atoms with van der Waals surface area (Å²) < 4.78 is 40.9. The van der Waals surface area contributed by atoms with Crippen molar-refractivity contribution < 1.29 is 42.5 Å². The number of H-pyrrole nitrogens is 2. The quantitative estimate of drug-likeness (QED) is 0.0970. The van der Waals surface area contributed by atoms with Gasteiger partial charge in [-0.1, -0.05) is 44.2 Å². The number of amides is 4. The maximum Gasteiger partial charge on any atom is 0.407 e. The molecule has 4 aliphatic heterocycles. The van der Waals surface area contributed by atoms with Crippen molar-refractivity contribution in [3.63, 3.8) is 0 Å². The van der Waals surface area contributed by atoms with Gasteiger partial charge in [0.15, 0.2) is 0 Å². The average molecular weight is 998 g/mol. The second-order valence-electron chi connectivity index (χ2n) is 19.4. The van der Waals surface area contributed by atoms with Crippen LogP contribution in [0, 0.1) is 11.8 Å². The Hall–Kier alpha value is -7.25. The number of ether oxygens (including phenoxy) is 4. The van der Waals surface area contributed by atoms with Gasteiger partial charge in [0.2, 0.25) is 18.0 Å². The maximum atomic E-state index is 15.1. The van der Waals surface area contributed by atoms with Crippen molar-refractivity contribution in [2.24, 2.45) is 11.8 Å². The number of likely N-dealkylation sites (tertiary alicyclic amines) is 2. The Morgan fingerprint density at radius 3 is 2.25 bits per heavy atom. The van der Waals surface area contributed by atoms with E-state index in [1.165, 1.54) is 19.1 Å². The van der Waals surface area contributed by atoms with E-state index in [2.05, 4.69) is 72.6 Å². The van der Waals surface area contributed by atoms with E-state index in [1.807, 2.05) is 49.1 Å². The van der Waals surface area contributed by atoms with E-state index in [0.29, 0.717) is 55.7 Å². The van der Waals surface area contributed by atoms with Crippen LogP contribution in [0.15, 0.2) is 85.2 Å². The van der Waals surface area contributed by atoms with Crippen LogP contribution in [0.25, 0.3) is 54.8 Å². The van der Waals surface area contributed by atoms with E-state index in [9.17, 15) is 19.2 Å². The van der Waals surface area contributed by atoms with Gasteiger partial charge in [0.25, 0.3) is 0 Å². The fourth-order valence-electron chi connectivity index (χ4n) is 10.9. The second-order valence-corrected chi connectivity index (χ2v) is 20.5. The van der Waals surface area contributed by atoms with Crippen LogP contribution in [0.2, 0.25) is 0 Å². The number of aromatic amines is 2. The third-order valence-electron chi connectivity index (χ3n) is 14.6. The lowest BCUT2D eigenvalue weighted by molar-refractivity contribution is -0.137. The molecule has 374 valence electrons. The minimum atomic E-state index is -1.26. The monoisotopic (exact) mass is 997 g/mol. The molecule has 4 N–H and O–H groups in total. The summed E-state index contributed by atoms with van der Waals surface area (Å²) in [7, 11) is 2.54. The maximum absolute atomic E-state index is 15.1. The van der Waals surface area contributed by atoms with Crippen molar-refractivity contribution in [2.75, 3.05) is 40.5 Å². The summed E-state index contributed by atoms with van der Waals surface area (Å²) in [6, 6.07) is 22.4. The first-order valence-corrected chi connectivity index (χ1v) is 25.3. The number of fused-ring (bicyclic) bond motifs is 6. The summed E-state index contributed by atoms with van der Waals surface area (Å²) in [4.78, 5) is 73.5. The van der Waals surface area contributed by atoms with Crippen LogP contribution in [0.5, 0.6) is 5.75 Å². The molecule has 7 aromatic rings. The molecular formula is C53H56FN9O8S. The Kier molecular flexibility index (Phi) is 12.7. The Balaban J connectivity index is 0.899. The summed E-state index contributed by atoms with van der Waals surface area (Å²) in [5, 5.41) is 7.54. The molecule has 0 radical (unpaired) electrons. The molecule has 4 amide bonds. The van der Waals surface area contributed by atoms with Crippen molar-refractivity contribution in [2.45, 2.75) is 82.5 Å². The lowest BCUT2D eigenvalue weighted by atomic mass is 9.90. The first-order valence-electron chi connectivity index (χ1n) is 24.5. The van der Waals surface area contributed by atoms with Crippen LogP contribution in [-0.2, 0) is 23.8 Å². The molecule has 0 aliphatic carbocycles. The highest BCUT2D eigenvalue weighted by atomic mass is 32.1. The number of hydrogen-bond donors (Lipinski definition) is 4. The van der Waals surface area contributed by atoms with Crippen molar-refractivity contribution in [3.8, 4) is 39.5 Å². The smallest absolute Gasteiger partial charge is 0.407 e. The molecule has 0 bridgehead atoms. The number of rotatable bonds is 11. The molecule has 11 rings (SSSR count). The molecule has 0 spiro atoms. The zero-order valence-electron chi connectivity index (χ0n) is 40.4. The first-order chi connectivity index (χ1) is 35.0. The zero-order valence-corrected chi connectivity index (χ0v) is 41.2. The van der Waals surface area contributed by atoms with Crippen molar-refractivity contribution >= 4 is 56.3 Å². The average Bonchev–Trinajstić information content (AvgIpc) is 4.27. The number of alkyl carbamates (subject to hydrolysis) is 2. The highest BCUT2D eigenvalue weighted by Gasteiger charge is 2.43. The van der Waals surface area contributed by atoms with Gasteiger partial charge in [-0.2, -0.15) is 0 Å². The molecule has 17 nitrogen and oxygen atoms in total. The number of carbonyl (C=O) groups excluding carboxylic acids is 4. The molecular weight excluding hydrogens is 942 g/mol. The van der Waals surface area contributed by atoms with Gasteiger partial charge >= 0.3 is 12.2 Å². The molecule has 0 saturated carbocycles. The number of methoxy groups -OCH3 is 2. The normalized spacial score (nSPS) is 20.8. The summed E-state index contributed by atoms with van der Waals surface area (Å²) in [6.07, 6.45) is 3.32. The van der Waals surface area contributed by atoms with Crippen LogP contribution in [0.3, 0.4) is 0 Å². The van der Waals surface area contributed by atoms with Gasteiger partial charge in [-0.05, 0) is 85.4 Å². The van der Waals surface area contributed by atoms with E-state index < -0.39 is 48.6 Å². The largest absolute Gasteiger partial charge is 0.464 e. The number of imidazole rings is 2. The van der Waals surface area contributed by atoms with Gasteiger partial charge in [0.05, 0.1) is 72.7 Å². The van der Waals surface area contributed by atoms with E-state index in [-0.39, 0.29) is 36.8 Å². The fourth-order valence-corrected chi connectivity index (χ4v) is 12.0. The Morgan fingerprint density at radius 1 is 0.806 bits per heavy atom. The van der Waals surface area contributed by atoms with Crippen LogP contribution < -0.4 is 15.4 Å². The number of benzene rings is 3. The summed E-state index contributed by atoms with van der Waals surface area (Å²) in [5.41, 5.74) is 6.07. The van der Waals surface area contributed by atoms with E-state index in [1.54, 1.807) is 23.7 Å². The lowest BCUT2D eigenvalue weighted by Crippen LogP contribution is -2.53. The Labute approximate surface area is 418 Å². The summed E-state index contributed by atoms with van der Waals surface area (Å²) >= 11 is 1.69. The fraction of sp³-hybridized carbons (Fsp3) is 0.396. The van der Waals surface area contributed by atoms with Crippen molar-refractivity contribution in [1.29, 1.82) is 0 Å². The van der Waals surface area contributed by atoms with Gasteiger partial charge in [-0.15, -0.1) is 11.3 Å². The zero-order chi connectivity index (χ0) is 49.8. The third-order valence-corrected chi connectivity index (χ3v) is 15.8. The van der Waals surface area contributed by atoms with Crippen LogP contribution in [0.4, 0.5) is 14.0 Å². The van der Waals surface area contributed by atoms with Crippen molar-refractivity contribution in [1.82, 2.24) is 44.9 Å². The lowest BCUT2D eigenvalue weighted by Gasteiger charge is -2.34. The number of nitrogens with zero attached hydrogens (tertiary/aromatic N) is 5. The third kappa shape index (κ3) is 8.71. The van der Waals surface area contributed by atoms with Gasteiger partial charge < -0.3 is 49.3 Å². The molecule has 3 aromatic carbocycles. The number of halogens is 1. The Morgan fingerprint density at radius 2 is 1.51 bits per heavy atom. The number of nitrogens with one attached hydrogen (secondary N) is 4. The van der Waals surface area contributed by atoms with Gasteiger partial charge in [0.1, 0.15) is 35.7 Å². The van der Waals surface area contributed by atoms with Gasteiger partial charge in [-0.25, -0.2) is 23.9 Å². The topological polar surface area (TPSA) is 198 Å². The molecule has 3 saturated heterocycles. The Bertz CT molecular complexity index is 3160. The van der Waals surface area contributed by atoms with Crippen LogP contribution in [-0.4, -0.2) is 117 Å². The number of hydrogen-bond acceptors (Lipinski definition) is 11. The van der Waals surface area contributed by atoms with Crippen LogP contribution in [0.1, 0.15) is 80.8 Å². The molecule has 1 unspecified atom stereocenters. The van der Waals surface area contributed by atoms with E-state index >= 15 is 4.39 Å². The minimum absolute atomic E-state index is 0.0691. The standard InChI is InChI=1S/C53H56FN9O8S/c1-28(2)45(59-52(66)68-3)49(64)62-27-34(54)24-41(62)48-56-25-36(58-48)30-12-14-38-33(20-30)21-40-35-13-11-31(22-42(35)71-51(63(38)40)44-23-32-8-5-6-10-43(32)72-44)37-26-55-47(57-37)39-9-7-17-61(39)50(65)46(60-53(67)69-4)29-15-18-70-19-16-29/h5-6,8,10-14,20-23,25-26,28-29,34,39,41,45-46,51H,7,9,15-19,24,27H2,1-4H3,(H,55,57)(H,56,58)(H,59,66)(H,60,67)/t34-,39+,41+,45+,46+,51?/m1/s1. The molecule has 19 heteroatoms. The van der Waals surface area contributed by atoms with Gasteiger partial charge in [-0.3, -0.25) is 14.2 Å². The van der Waals surface area contributed by atoms with Crippen molar-refractivity contribution in [3.05, 3.63) is 102 Å². The number of alkyl halides is 1. The molecule has 4 aliphatic rings. The first kappa shape index (κ1) is 47.1.